The molecule has 4 rings (SSSR count). The van der Waals surface area contributed by atoms with E-state index in [-0.39, 0.29) is 23.9 Å². The highest BCUT2D eigenvalue weighted by Crippen LogP contribution is 2.23. The molecule has 1 heterocycles. The van der Waals surface area contributed by atoms with Crippen molar-refractivity contribution >= 4 is 44.0 Å². The number of likely N-dealkylation sites (N-methyl/N-ethyl adjacent to an activating group) is 1. The normalized spacial score (nSPS) is 14.8. The van der Waals surface area contributed by atoms with Crippen molar-refractivity contribution in [3.05, 3.63) is 71.8 Å². The average Bonchev–Trinajstić information content (AvgIpc) is 2.82. The predicted octanol–water partition coefficient (Wildman–Crippen LogP) is 3.85. The summed E-state index contributed by atoms with van der Waals surface area (Å²) in [5.74, 6) is -0.179. The van der Waals surface area contributed by atoms with E-state index in [1.807, 2.05) is 48.5 Å². The second-order valence-corrected chi connectivity index (χ2v) is 10.2. The van der Waals surface area contributed by atoms with E-state index < -0.39 is 10.0 Å². The number of rotatable bonds is 6. The molecule has 1 aliphatic heterocycles. The molecule has 1 saturated heterocycles. The minimum atomic E-state index is -3.77. The highest BCUT2D eigenvalue weighted by atomic mass is 35.5. The molecule has 1 fully saturated rings. The minimum Gasteiger partial charge on any atom is -0.368 e. The summed E-state index contributed by atoms with van der Waals surface area (Å²) in [4.78, 5) is 17.1. The van der Waals surface area contributed by atoms with Gasteiger partial charge >= 0.3 is 0 Å². The summed E-state index contributed by atoms with van der Waals surface area (Å²) in [5, 5.41) is 2.51. The second-order valence-electron chi connectivity index (χ2n) is 7.79. The van der Waals surface area contributed by atoms with Crippen LogP contribution in [0, 0.1) is 0 Å². The molecule has 0 aliphatic carbocycles. The van der Waals surface area contributed by atoms with Crippen molar-refractivity contribution in [1.29, 1.82) is 0 Å². The summed E-state index contributed by atoms with van der Waals surface area (Å²) in [5.41, 5.74) is 1.03. The fraction of sp³-hybridized carbons (Fsp3) is 0.292. The van der Waals surface area contributed by atoms with Crippen molar-refractivity contribution in [2.75, 3.05) is 44.2 Å². The van der Waals surface area contributed by atoms with Gasteiger partial charge in [-0.3, -0.25) is 4.79 Å². The molecule has 0 saturated carbocycles. The molecule has 0 bridgehead atoms. The Balaban J connectivity index is 1.43. The van der Waals surface area contributed by atoms with Crippen LogP contribution in [0.2, 0.25) is 5.02 Å². The molecular formula is C24H26ClN3O3S. The standard InChI is InChI=1S/C24H26ClN3O3S/c1-2-28(32(30,31)23-11-10-19-6-3-4-7-20(19)16-23)18-24(29)27-14-12-26(13-15-27)22-9-5-8-21(25)17-22/h3-11,16-17H,2,12-15,18H2,1H3. The van der Waals surface area contributed by atoms with Crippen molar-refractivity contribution in [2.24, 2.45) is 0 Å². The topological polar surface area (TPSA) is 60.9 Å². The van der Waals surface area contributed by atoms with E-state index in [2.05, 4.69) is 4.90 Å². The van der Waals surface area contributed by atoms with Gasteiger partial charge in [-0.15, -0.1) is 0 Å². The SMILES string of the molecule is CCN(CC(=O)N1CCN(c2cccc(Cl)c2)CC1)S(=O)(=O)c1ccc2ccccc2c1. The summed E-state index contributed by atoms with van der Waals surface area (Å²) < 4.78 is 27.7. The lowest BCUT2D eigenvalue weighted by Gasteiger charge is -2.37. The second kappa shape index (κ2) is 9.48. The van der Waals surface area contributed by atoms with Gasteiger partial charge in [-0.25, -0.2) is 8.42 Å². The van der Waals surface area contributed by atoms with Crippen LogP contribution < -0.4 is 4.90 Å². The van der Waals surface area contributed by atoms with Crippen molar-refractivity contribution in [3.63, 3.8) is 0 Å². The number of hydrogen-bond donors (Lipinski definition) is 0. The number of anilines is 1. The fourth-order valence-corrected chi connectivity index (χ4v) is 5.60. The number of benzene rings is 3. The maximum Gasteiger partial charge on any atom is 0.243 e. The van der Waals surface area contributed by atoms with Crippen LogP contribution in [-0.4, -0.2) is 62.8 Å². The number of halogens is 1. The first-order valence-electron chi connectivity index (χ1n) is 10.7. The van der Waals surface area contributed by atoms with Crippen LogP contribution in [-0.2, 0) is 14.8 Å². The van der Waals surface area contributed by atoms with Gasteiger partial charge < -0.3 is 9.80 Å². The quantitative estimate of drug-likeness (QED) is 0.547. The molecule has 3 aromatic rings. The molecule has 0 unspecified atom stereocenters. The minimum absolute atomic E-state index is 0.164. The van der Waals surface area contributed by atoms with E-state index in [0.717, 1.165) is 16.5 Å². The van der Waals surface area contributed by atoms with E-state index in [9.17, 15) is 13.2 Å². The number of piperazine rings is 1. The van der Waals surface area contributed by atoms with E-state index in [0.29, 0.717) is 31.2 Å². The van der Waals surface area contributed by atoms with Gasteiger partial charge in [0.2, 0.25) is 15.9 Å². The van der Waals surface area contributed by atoms with Gasteiger partial charge in [0, 0.05) is 43.4 Å². The van der Waals surface area contributed by atoms with Crippen molar-refractivity contribution < 1.29 is 13.2 Å². The fourth-order valence-electron chi connectivity index (χ4n) is 3.98. The highest BCUT2D eigenvalue weighted by molar-refractivity contribution is 7.89. The van der Waals surface area contributed by atoms with Crippen molar-refractivity contribution in [1.82, 2.24) is 9.21 Å². The molecular weight excluding hydrogens is 446 g/mol. The van der Waals surface area contributed by atoms with Crippen LogP contribution in [0.5, 0.6) is 0 Å². The van der Waals surface area contributed by atoms with Gasteiger partial charge in [-0.2, -0.15) is 4.31 Å². The molecule has 0 atom stereocenters. The van der Waals surface area contributed by atoms with Gasteiger partial charge in [0.05, 0.1) is 11.4 Å². The summed E-state index contributed by atoms with van der Waals surface area (Å²) >= 11 is 6.09. The Morgan fingerprint density at radius 1 is 0.938 bits per heavy atom. The average molecular weight is 472 g/mol. The molecule has 6 nitrogen and oxygen atoms in total. The number of carbonyl (C=O) groups excluding carboxylic acids is 1. The monoisotopic (exact) mass is 471 g/mol. The van der Waals surface area contributed by atoms with Gasteiger partial charge in [0.25, 0.3) is 0 Å². The number of fused-ring (bicyclic) bond motifs is 1. The van der Waals surface area contributed by atoms with Crippen LogP contribution in [0.1, 0.15) is 6.92 Å². The molecule has 0 radical (unpaired) electrons. The number of carbonyl (C=O) groups is 1. The summed E-state index contributed by atoms with van der Waals surface area (Å²) in [6.07, 6.45) is 0. The predicted molar refractivity (Wildman–Crippen MR) is 129 cm³/mol. The molecule has 32 heavy (non-hydrogen) atoms. The lowest BCUT2D eigenvalue weighted by molar-refractivity contribution is -0.131. The Morgan fingerprint density at radius 3 is 2.34 bits per heavy atom. The molecule has 1 amide bonds. The summed E-state index contributed by atoms with van der Waals surface area (Å²) in [7, 11) is -3.77. The molecule has 0 spiro atoms. The molecule has 0 aromatic heterocycles. The number of nitrogens with zero attached hydrogens (tertiary/aromatic N) is 3. The maximum atomic E-state index is 13.2. The van der Waals surface area contributed by atoms with Crippen molar-refractivity contribution in [2.45, 2.75) is 11.8 Å². The van der Waals surface area contributed by atoms with Crippen molar-refractivity contribution in [3.8, 4) is 0 Å². The van der Waals surface area contributed by atoms with Crippen LogP contribution in [0.15, 0.2) is 71.6 Å². The lowest BCUT2D eigenvalue weighted by Crippen LogP contribution is -2.51. The Bertz CT molecular complexity index is 1220. The molecule has 3 aromatic carbocycles. The van der Waals surface area contributed by atoms with Crippen LogP contribution in [0.3, 0.4) is 0 Å². The Morgan fingerprint density at radius 2 is 1.66 bits per heavy atom. The zero-order chi connectivity index (χ0) is 22.7. The molecule has 168 valence electrons. The van der Waals surface area contributed by atoms with Crippen LogP contribution in [0.4, 0.5) is 5.69 Å². The van der Waals surface area contributed by atoms with E-state index in [4.69, 9.17) is 11.6 Å². The highest BCUT2D eigenvalue weighted by Gasteiger charge is 2.29. The number of amides is 1. The Labute approximate surface area is 194 Å². The van der Waals surface area contributed by atoms with Gasteiger partial charge in [-0.05, 0) is 41.1 Å². The summed E-state index contributed by atoms with van der Waals surface area (Å²) in [6.45, 7) is 4.25. The first-order chi connectivity index (χ1) is 15.4. The third-order valence-electron chi connectivity index (χ3n) is 5.83. The van der Waals surface area contributed by atoms with Gasteiger partial charge in [0.1, 0.15) is 0 Å². The lowest BCUT2D eigenvalue weighted by atomic mass is 10.1. The van der Waals surface area contributed by atoms with E-state index >= 15 is 0 Å². The first-order valence-corrected chi connectivity index (χ1v) is 12.5. The maximum absolute atomic E-state index is 13.2. The number of hydrogen-bond acceptors (Lipinski definition) is 4. The smallest absolute Gasteiger partial charge is 0.243 e. The number of sulfonamides is 1. The van der Waals surface area contributed by atoms with Gasteiger partial charge in [-0.1, -0.05) is 54.9 Å². The Kier molecular flexibility index (Phi) is 6.69. The summed E-state index contributed by atoms with van der Waals surface area (Å²) in [6, 6.07) is 20.3. The van der Waals surface area contributed by atoms with E-state index in [1.54, 1.807) is 30.0 Å². The van der Waals surface area contributed by atoms with E-state index in [1.165, 1.54) is 4.31 Å². The molecule has 8 heteroatoms. The first kappa shape index (κ1) is 22.6. The van der Waals surface area contributed by atoms with Gasteiger partial charge in [0.15, 0.2) is 0 Å². The van der Waals surface area contributed by atoms with Crippen LogP contribution in [0.25, 0.3) is 10.8 Å². The zero-order valence-electron chi connectivity index (χ0n) is 17.9. The molecule has 1 aliphatic rings. The third kappa shape index (κ3) is 4.75. The Hall–Kier alpha value is -2.61. The third-order valence-corrected chi connectivity index (χ3v) is 7.98. The molecule has 0 N–H and O–H groups in total. The largest absolute Gasteiger partial charge is 0.368 e. The zero-order valence-corrected chi connectivity index (χ0v) is 19.5. The van der Waals surface area contributed by atoms with Crippen LogP contribution >= 0.6 is 11.6 Å².